The van der Waals surface area contributed by atoms with Gasteiger partial charge in [0.05, 0.1) is 12.3 Å². The molecule has 3 rings (SSSR count). The summed E-state index contributed by atoms with van der Waals surface area (Å²) in [6.07, 6.45) is 3.71. The van der Waals surface area contributed by atoms with Crippen LogP contribution in [0.1, 0.15) is 17.4 Å². The van der Waals surface area contributed by atoms with E-state index in [0.29, 0.717) is 0 Å². The first-order valence-corrected chi connectivity index (χ1v) is 5.08. The molecule has 0 radical (unpaired) electrons. The average molecular weight is 203 g/mol. The number of aromatic nitrogens is 1. The number of furan rings is 1. The van der Waals surface area contributed by atoms with Gasteiger partial charge < -0.3 is 20.0 Å². The Bertz CT molecular complexity index is 458. The Morgan fingerprint density at radius 1 is 1.47 bits per heavy atom. The van der Waals surface area contributed by atoms with Crippen molar-refractivity contribution >= 4 is 5.82 Å². The van der Waals surface area contributed by atoms with E-state index in [1.54, 1.807) is 6.26 Å². The number of nitrogens with zero attached hydrogens (tertiary/aromatic N) is 1. The molecule has 2 aromatic heterocycles. The van der Waals surface area contributed by atoms with Crippen molar-refractivity contribution in [1.82, 2.24) is 4.57 Å². The minimum absolute atomic E-state index is 0.179. The van der Waals surface area contributed by atoms with Gasteiger partial charge in [0.15, 0.2) is 0 Å². The van der Waals surface area contributed by atoms with E-state index in [2.05, 4.69) is 22.1 Å². The Morgan fingerprint density at radius 2 is 2.40 bits per heavy atom. The molecule has 2 aromatic rings. The maximum atomic E-state index is 6.13. The third-order valence-corrected chi connectivity index (χ3v) is 2.82. The van der Waals surface area contributed by atoms with E-state index in [9.17, 15) is 0 Å². The van der Waals surface area contributed by atoms with Crippen LogP contribution in [-0.4, -0.2) is 11.1 Å². The monoisotopic (exact) mass is 203 g/mol. The van der Waals surface area contributed by atoms with Gasteiger partial charge in [-0.05, 0) is 18.2 Å². The van der Waals surface area contributed by atoms with Gasteiger partial charge >= 0.3 is 0 Å². The SMILES string of the molecule is NC(c1ccco1)c1ccn2c1NCC2. The van der Waals surface area contributed by atoms with Gasteiger partial charge in [-0.15, -0.1) is 0 Å². The lowest BCUT2D eigenvalue weighted by Gasteiger charge is -2.09. The molecule has 0 spiro atoms. The van der Waals surface area contributed by atoms with E-state index in [1.807, 2.05) is 12.1 Å². The highest BCUT2D eigenvalue weighted by molar-refractivity contribution is 5.52. The van der Waals surface area contributed by atoms with Crippen molar-refractivity contribution in [2.45, 2.75) is 12.6 Å². The third kappa shape index (κ3) is 1.26. The van der Waals surface area contributed by atoms with Gasteiger partial charge in [-0.25, -0.2) is 0 Å². The third-order valence-electron chi connectivity index (χ3n) is 2.82. The summed E-state index contributed by atoms with van der Waals surface area (Å²) in [5, 5.41) is 3.33. The summed E-state index contributed by atoms with van der Waals surface area (Å²) in [6.45, 7) is 1.99. The molecule has 4 nitrogen and oxygen atoms in total. The highest BCUT2D eigenvalue weighted by Gasteiger charge is 2.21. The van der Waals surface area contributed by atoms with Gasteiger partial charge in [0.25, 0.3) is 0 Å². The first kappa shape index (κ1) is 8.61. The van der Waals surface area contributed by atoms with E-state index in [-0.39, 0.29) is 6.04 Å². The quantitative estimate of drug-likeness (QED) is 0.778. The van der Waals surface area contributed by atoms with Gasteiger partial charge in [0.2, 0.25) is 0 Å². The first-order valence-electron chi connectivity index (χ1n) is 5.08. The van der Waals surface area contributed by atoms with Gasteiger partial charge in [-0.3, -0.25) is 0 Å². The fourth-order valence-electron chi connectivity index (χ4n) is 2.05. The van der Waals surface area contributed by atoms with Crippen LogP contribution in [0.25, 0.3) is 0 Å². The number of hydrogen-bond donors (Lipinski definition) is 2. The molecule has 0 bridgehead atoms. The Morgan fingerprint density at radius 3 is 3.20 bits per heavy atom. The van der Waals surface area contributed by atoms with Crippen LogP contribution < -0.4 is 11.1 Å². The number of hydrogen-bond acceptors (Lipinski definition) is 3. The lowest BCUT2D eigenvalue weighted by Crippen LogP contribution is -2.11. The average Bonchev–Trinajstić information content (AvgIpc) is 2.94. The highest BCUT2D eigenvalue weighted by Crippen LogP contribution is 2.29. The fourth-order valence-corrected chi connectivity index (χ4v) is 2.05. The van der Waals surface area contributed by atoms with Gasteiger partial charge in [0, 0.05) is 24.8 Å². The summed E-state index contributed by atoms with van der Waals surface area (Å²) in [4.78, 5) is 0. The van der Waals surface area contributed by atoms with E-state index < -0.39 is 0 Å². The van der Waals surface area contributed by atoms with Crippen molar-refractivity contribution in [1.29, 1.82) is 0 Å². The van der Waals surface area contributed by atoms with Crippen molar-refractivity contribution in [3.8, 4) is 0 Å². The normalized spacial score (nSPS) is 16.1. The molecule has 0 aliphatic carbocycles. The van der Waals surface area contributed by atoms with Crippen LogP contribution in [0.2, 0.25) is 0 Å². The van der Waals surface area contributed by atoms with Crippen molar-refractivity contribution in [3.63, 3.8) is 0 Å². The zero-order valence-electron chi connectivity index (χ0n) is 8.31. The van der Waals surface area contributed by atoms with Crippen LogP contribution in [0.4, 0.5) is 5.82 Å². The second-order valence-electron chi connectivity index (χ2n) is 3.73. The van der Waals surface area contributed by atoms with Crippen LogP contribution in [0, 0.1) is 0 Å². The number of nitrogens with one attached hydrogen (secondary N) is 1. The van der Waals surface area contributed by atoms with Gasteiger partial charge in [-0.2, -0.15) is 0 Å². The molecule has 1 aliphatic heterocycles. The summed E-state index contributed by atoms with van der Waals surface area (Å²) in [5.41, 5.74) is 7.23. The van der Waals surface area contributed by atoms with Crippen LogP contribution in [0.15, 0.2) is 35.1 Å². The van der Waals surface area contributed by atoms with Crippen LogP contribution in [-0.2, 0) is 6.54 Å². The summed E-state index contributed by atoms with van der Waals surface area (Å²) in [5.74, 6) is 1.93. The Labute approximate surface area is 87.7 Å². The number of fused-ring (bicyclic) bond motifs is 1. The number of anilines is 1. The summed E-state index contributed by atoms with van der Waals surface area (Å²) < 4.78 is 7.50. The topological polar surface area (TPSA) is 56.1 Å². The molecule has 78 valence electrons. The lowest BCUT2D eigenvalue weighted by molar-refractivity contribution is 0.490. The molecule has 0 amide bonds. The molecule has 1 unspecified atom stereocenters. The maximum absolute atomic E-state index is 6.13. The second kappa shape index (κ2) is 3.17. The van der Waals surface area contributed by atoms with Crippen molar-refractivity contribution in [2.75, 3.05) is 11.9 Å². The largest absolute Gasteiger partial charge is 0.467 e. The molecular weight excluding hydrogens is 190 g/mol. The van der Waals surface area contributed by atoms with E-state index in [1.165, 1.54) is 0 Å². The molecule has 3 N–H and O–H groups in total. The molecule has 1 aliphatic rings. The maximum Gasteiger partial charge on any atom is 0.125 e. The molecule has 3 heterocycles. The van der Waals surface area contributed by atoms with Crippen molar-refractivity contribution in [3.05, 3.63) is 42.0 Å². The first-order chi connectivity index (χ1) is 7.36. The second-order valence-corrected chi connectivity index (χ2v) is 3.73. The van der Waals surface area contributed by atoms with Gasteiger partial charge in [-0.1, -0.05) is 0 Å². The van der Waals surface area contributed by atoms with Crippen molar-refractivity contribution in [2.24, 2.45) is 5.73 Å². The summed E-state index contributed by atoms with van der Waals surface area (Å²) in [7, 11) is 0. The smallest absolute Gasteiger partial charge is 0.125 e. The van der Waals surface area contributed by atoms with E-state index in [4.69, 9.17) is 10.2 Å². The molecule has 15 heavy (non-hydrogen) atoms. The summed E-state index contributed by atoms with van der Waals surface area (Å²) in [6, 6.07) is 5.64. The Hall–Kier alpha value is -1.68. The minimum Gasteiger partial charge on any atom is -0.467 e. The number of nitrogens with two attached hydrogens (primary N) is 1. The fraction of sp³-hybridized carbons (Fsp3) is 0.273. The summed E-state index contributed by atoms with van der Waals surface area (Å²) >= 11 is 0. The van der Waals surface area contributed by atoms with Crippen LogP contribution in [0.3, 0.4) is 0 Å². The molecule has 4 heteroatoms. The van der Waals surface area contributed by atoms with Gasteiger partial charge in [0.1, 0.15) is 11.6 Å². The predicted octanol–water partition coefficient (Wildman–Crippen LogP) is 1.55. The molecule has 1 atom stereocenters. The molecule has 0 aromatic carbocycles. The predicted molar refractivity (Wildman–Crippen MR) is 57.7 cm³/mol. The minimum atomic E-state index is -0.179. The zero-order chi connectivity index (χ0) is 10.3. The molecular formula is C11H13N3O. The van der Waals surface area contributed by atoms with Crippen molar-refractivity contribution < 1.29 is 4.42 Å². The van der Waals surface area contributed by atoms with Crippen LogP contribution in [0.5, 0.6) is 0 Å². The lowest BCUT2D eigenvalue weighted by atomic mass is 10.1. The Balaban J connectivity index is 1.99. The Kier molecular flexibility index (Phi) is 1.82. The van der Waals surface area contributed by atoms with E-state index in [0.717, 1.165) is 30.2 Å². The zero-order valence-corrected chi connectivity index (χ0v) is 8.31. The number of rotatable bonds is 2. The van der Waals surface area contributed by atoms with Crippen LogP contribution >= 0.6 is 0 Å². The highest BCUT2D eigenvalue weighted by atomic mass is 16.3. The molecule has 0 saturated carbocycles. The van der Waals surface area contributed by atoms with E-state index >= 15 is 0 Å². The standard InChI is InChI=1S/C11H13N3O/c12-10(9-2-1-7-15-9)8-3-5-14-6-4-13-11(8)14/h1-3,5,7,10,13H,4,6,12H2. The molecule has 0 saturated heterocycles. The molecule has 0 fully saturated rings.